The number of nitrogen functional groups attached to an aromatic ring is 1. The average Bonchev–Trinajstić information content (AvgIpc) is 2.59. The van der Waals surface area contributed by atoms with Crippen molar-refractivity contribution in [3.8, 4) is 16.9 Å². The van der Waals surface area contributed by atoms with Crippen LogP contribution in [0.4, 0.5) is 10.2 Å². The summed E-state index contributed by atoms with van der Waals surface area (Å²) >= 11 is 5.91. The van der Waals surface area contributed by atoms with Gasteiger partial charge in [0.15, 0.2) is 11.6 Å². The molecule has 0 fully saturated rings. The fourth-order valence-corrected chi connectivity index (χ4v) is 1.86. The minimum absolute atomic E-state index is 0.0258. The van der Waals surface area contributed by atoms with Gasteiger partial charge in [0.1, 0.15) is 5.82 Å². The smallest absolute Gasteiger partial charge is 0.173 e. The topological polar surface area (TPSA) is 53.1 Å². The summed E-state index contributed by atoms with van der Waals surface area (Å²) in [5.74, 6) is -0.0539. The molecule has 0 radical (unpaired) electrons. The average molecular weight is 256 g/mol. The molecule has 1 heterocycles. The second kappa shape index (κ2) is 4.25. The van der Waals surface area contributed by atoms with Crippen molar-refractivity contribution in [1.29, 1.82) is 0 Å². The molecule has 4 nitrogen and oxygen atoms in total. The van der Waals surface area contributed by atoms with E-state index in [0.717, 1.165) is 0 Å². The Morgan fingerprint density at radius 1 is 1.47 bits per heavy atom. The normalized spacial score (nSPS) is 10.6. The summed E-state index contributed by atoms with van der Waals surface area (Å²) in [6, 6.07) is 2.91. The monoisotopic (exact) mass is 255 g/mol. The number of hydrogen-bond acceptors (Lipinski definition) is 3. The van der Waals surface area contributed by atoms with Gasteiger partial charge in [-0.1, -0.05) is 11.6 Å². The van der Waals surface area contributed by atoms with Crippen LogP contribution in [0.1, 0.15) is 0 Å². The lowest BCUT2D eigenvalue weighted by atomic mass is 10.1. The lowest BCUT2D eigenvalue weighted by Gasteiger charge is -2.07. The predicted octanol–water partition coefficient (Wildman–Crippen LogP) is 2.47. The predicted molar refractivity (Wildman–Crippen MR) is 64.6 cm³/mol. The minimum atomic E-state index is -0.529. The van der Waals surface area contributed by atoms with E-state index in [9.17, 15) is 4.39 Å². The molecule has 0 aliphatic rings. The molecule has 2 aromatic rings. The van der Waals surface area contributed by atoms with Gasteiger partial charge >= 0.3 is 0 Å². The number of benzene rings is 1. The largest absolute Gasteiger partial charge is 0.492 e. The van der Waals surface area contributed by atoms with E-state index in [2.05, 4.69) is 5.10 Å². The first-order valence-electron chi connectivity index (χ1n) is 4.85. The molecule has 0 atom stereocenters. The van der Waals surface area contributed by atoms with Crippen LogP contribution in [-0.2, 0) is 7.05 Å². The zero-order valence-corrected chi connectivity index (χ0v) is 10.1. The maximum atomic E-state index is 13.7. The SMILES string of the molecule is COc1c(F)cc(-c2cnn(C)c2N)cc1Cl. The Morgan fingerprint density at radius 3 is 2.65 bits per heavy atom. The van der Waals surface area contributed by atoms with Crippen LogP contribution in [0.15, 0.2) is 18.3 Å². The third-order valence-electron chi connectivity index (χ3n) is 2.50. The first-order valence-corrected chi connectivity index (χ1v) is 5.23. The zero-order chi connectivity index (χ0) is 12.6. The Kier molecular flexibility index (Phi) is 2.93. The number of anilines is 1. The Labute approximate surface area is 103 Å². The lowest BCUT2D eigenvalue weighted by Crippen LogP contribution is -1.98. The van der Waals surface area contributed by atoms with E-state index in [-0.39, 0.29) is 10.8 Å². The molecule has 1 aromatic carbocycles. The van der Waals surface area contributed by atoms with Crippen LogP contribution in [0.25, 0.3) is 11.1 Å². The summed E-state index contributed by atoms with van der Waals surface area (Å²) in [6.07, 6.45) is 1.56. The summed E-state index contributed by atoms with van der Waals surface area (Å²) in [5.41, 5.74) is 7.01. The second-order valence-electron chi connectivity index (χ2n) is 3.54. The molecule has 0 bridgehead atoms. The van der Waals surface area contributed by atoms with Crippen LogP contribution in [0.3, 0.4) is 0 Å². The summed E-state index contributed by atoms with van der Waals surface area (Å²) in [5, 5.41) is 4.19. The summed E-state index contributed by atoms with van der Waals surface area (Å²) in [6.45, 7) is 0. The molecular formula is C11H11ClFN3O. The number of rotatable bonds is 2. The van der Waals surface area contributed by atoms with Crippen molar-refractivity contribution in [1.82, 2.24) is 9.78 Å². The van der Waals surface area contributed by atoms with Crippen LogP contribution in [0.2, 0.25) is 5.02 Å². The van der Waals surface area contributed by atoms with Crippen LogP contribution < -0.4 is 10.5 Å². The van der Waals surface area contributed by atoms with Gasteiger partial charge in [0.25, 0.3) is 0 Å². The maximum Gasteiger partial charge on any atom is 0.173 e. The van der Waals surface area contributed by atoms with Crippen molar-refractivity contribution >= 4 is 17.4 Å². The van der Waals surface area contributed by atoms with E-state index in [1.54, 1.807) is 19.3 Å². The number of methoxy groups -OCH3 is 1. The van der Waals surface area contributed by atoms with E-state index in [0.29, 0.717) is 16.9 Å². The fraction of sp³-hybridized carbons (Fsp3) is 0.182. The number of hydrogen-bond donors (Lipinski definition) is 1. The van der Waals surface area contributed by atoms with E-state index in [1.165, 1.54) is 17.9 Å². The summed E-state index contributed by atoms with van der Waals surface area (Å²) in [7, 11) is 3.07. The molecular weight excluding hydrogens is 245 g/mol. The molecule has 0 unspecified atom stereocenters. The summed E-state index contributed by atoms with van der Waals surface area (Å²) in [4.78, 5) is 0. The quantitative estimate of drug-likeness (QED) is 0.897. The maximum absolute atomic E-state index is 13.7. The van der Waals surface area contributed by atoms with E-state index in [4.69, 9.17) is 22.1 Å². The lowest BCUT2D eigenvalue weighted by molar-refractivity contribution is 0.387. The standard InChI is InChI=1S/C11H11ClFN3O/c1-16-11(14)7(5-15-16)6-3-8(12)10(17-2)9(13)4-6/h3-5H,14H2,1-2H3. The molecule has 0 amide bonds. The van der Waals surface area contributed by atoms with Crippen molar-refractivity contribution in [3.05, 3.63) is 29.2 Å². The molecule has 6 heteroatoms. The molecule has 17 heavy (non-hydrogen) atoms. The van der Waals surface area contributed by atoms with Gasteiger partial charge in [0.2, 0.25) is 0 Å². The van der Waals surface area contributed by atoms with Gasteiger partial charge in [-0.05, 0) is 17.7 Å². The van der Waals surface area contributed by atoms with Crippen molar-refractivity contribution in [2.45, 2.75) is 0 Å². The number of aryl methyl sites for hydroxylation is 1. The Bertz CT molecular complexity index is 545. The number of ether oxygens (including phenoxy) is 1. The molecule has 0 aliphatic carbocycles. The van der Waals surface area contributed by atoms with E-state index >= 15 is 0 Å². The van der Waals surface area contributed by atoms with E-state index < -0.39 is 5.82 Å². The van der Waals surface area contributed by atoms with Crippen LogP contribution >= 0.6 is 11.6 Å². The number of halogens is 2. The first kappa shape index (κ1) is 11.7. The van der Waals surface area contributed by atoms with Gasteiger partial charge < -0.3 is 10.5 Å². The highest BCUT2D eigenvalue weighted by molar-refractivity contribution is 6.32. The van der Waals surface area contributed by atoms with Crippen molar-refractivity contribution in [2.75, 3.05) is 12.8 Å². The van der Waals surface area contributed by atoms with Gasteiger partial charge in [0, 0.05) is 12.6 Å². The third-order valence-corrected chi connectivity index (χ3v) is 2.78. The van der Waals surface area contributed by atoms with Crippen LogP contribution in [0, 0.1) is 5.82 Å². The van der Waals surface area contributed by atoms with Crippen molar-refractivity contribution in [3.63, 3.8) is 0 Å². The molecule has 2 N–H and O–H groups in total. The van der Waals surface area contributed by atoms with Crippen LogP contribution in [-0.4, -0.2) is 16.9 Å². The molecule has 0 saturated heterocycles. The molecule has 0 saturated carbocycles. The van der Waals surface area contributed by atoms with Crippen molar-refractivity contribution in [2.24, 2.45) is 7.05 Å². The van der Waals surface area contributed by atoms with Crippen molar-refractivity contribution < 1.29 is 9.13 Å². The molecule has 1 aromatic heterocycles. The number of aromatic nitrogens is 2. The zero-order valence-electron chi connectivity index (χ0n) is 9.37. The Morgan fingerprint density at radius 2 is 2.18 bits per heavy atom. The van der Waals surface area contributed by atoms with Gasteiger partial charge in [0.05, 0.1) is 18.3 Å². The molecule has 0 spiro atoms. The number of nitrogens with two attached hydrogens (primary N) is 1. The molecule has 0 aliphatic heterocycles. The second-order valence-corrected chi connectivity index (χ2v) is 3.95. The third kappa shape index (κ3) is 1.93. The van der Waals surface area contributed by atoms with Gasteiger partial charge in [-0.2, -0.15) is 5.10 Å². The van der Waals surface area contributed by atoms with E-state index in [1.807, 2.05) is 0 Å². The molecule has 90 valence electrons. The van der Waals surface area contributed by atoms with Crippen LogP contribution in [0.5, 0.6) is 5.75 Å². The number of nitrogens with zero attached hydrogens (tertiary/aromatic N) is 2. The Balaban J connectivity index is 2.58. The Hall–Kier alpha value is -1.75. The van der Waals surface area contributed by atoms with Gasteiger partial charge in [-0.3, -0.25) is 4.68 Å². The fourth-order valence-electron chi connectivity index (χ4n) is 1.58. The van der Waals surface area contributed by atoms with Gasteiger partial charge in [-0.15, -0.1) is 0 Å². The highest BCUT2D eigenvalue weighted by Gasteiger charge is 2.14. The minimum Gasteiger partial charge on any atom is -0.492 e. The summed E-state index contributed by atoms with van der Waals surface area (Å²) < 4.78 is 20.0. The van der Waals surface area contributed by atoms with Gasteiger partial charge in [-0.25, -0.2) is 4.39 Å². The highest BCUT2D eigenvalue weighted by atomic mass is 35.5. The molecule has 2 rings (SSSR count). The first-order chi connectivity index (χ1) is 8.04. The highest BCUT2D eigenvalue weighted by Crippen LogP contribution is 2.34.